The smallest absolute Gasteiger partial charge is 0.264 e. The molecular weight excluding hydrogens is 390 g/mol. The van der Waals surface area contributed by atoms with Gasteiger partial charge < -0.3 is 14.4 Å². The second-order valence-electron chi connectivity index (χ2n) is 8.62. The number of hydrogen-bond acceptors (Lipinski definition) is 4. The Balaban J connectivity index is 1.69. The molecule has 0 aliphatic carbocycles. The number of anilines is 1. The summed E-state index contributed by atoms with van der Waals surface area (Å²) in [5.74, 6) is 0.233. The predicted molar refractivity (Wildman–Crippen MR) is 119 cm³/mol. The van der Waals surface area contributed by atoms with Crippen molar-refractivity contribution in [3.05, 3.63) is 88.4 Å². The molecule has 2 heterocycles. The molecule has 0 saturated heterocycles. The molecule has 0 fully saturated rings. The molecule has 0 bridgehead atoms. The summed E-state index contributed by atoms with van der Waals surface area (Å²) in [6, 6.07) is 16.7. The van der Waals surface area contributed by atoms with Crippen LogP contribution in [0.1, 0.15) is 64.8 Å². The van der Waals surface area contributed by atoms with E-state index in [-0.39, 0.29) is 12.2 Å². The second kappa shape index (κ2) is 7.82. The monoisotopic (exact) mass is 417 g/mol. The number of aliphatic hydroxyl groups is 1. The fourth-order valence-corrected chi connectivity index (χ4v) is 4.13. The lowest BCUT2D eigenvalue weighted by molar-refractivity contribution is -0.136. The van der Waals surface area contributed by atoms with E-state index in [0.29, 0.717) is 29.5 Å². The third kappa shape index (κ3) is 3.70. The number of furan rings is 1. The van der Waals surface area contributed by atoms with Crippen LogP contribution in [0.3, 0.4) is 0 Å². The van der Waals surface area contributed by atoms with Gasteiger partial charge in [-0.05, 0) is 54.7 Å². The van der Waals surface area contributed by atoms with E-state index in [1.807, 2.05) is 19.1 Å². The molecule has 1 unspecified atom stereocenters. The lowest BCUT2D eigenvalue weighted by Gasteiger charge is -2.23. The summed E-state index contributed by atoms with van der Waals surface area (Å²) in [6.07, 6.45) is -0.364. The van der Waals surface area contributed by atoms with Gasteiger partial charge in [0.2, 0.25) is 5.78 Å². The van der Waals surface area contributed by atoms with Gasteiger partial charge in [0.25, 0.3) is 5.91 Å². The molecule has 0 radical (unpaired) electrons. The van der Waals surface area contributed by atoms with Gasteiger partial charge in [0, 0.05) is 5.56 Å². The van der Waals surface area contributed by atoms with Gasteiger partial charge in [0.1, 0.15) is 5.76 Å². The van der Waals surface area contributed by atoms with Crippen LogP contribution in [-0.4, -0.2) is 16.8 Å². The molecule has 2 aromatic carbocycles. The number of para-hydroxylation sites is 1. The van der Waals surface area contributed by atoms with Crippen LogP contribution in [0.2, 0.25) is 0 Å². The average molecular weight is 418 g/mol. The maximum Gasteiger partial charge on any atom is 0.264 e. The van der Waals surface area contributed by atoms with Gasteiger partial charge in [-0.1, -0.05) is 50.2 Å². The van der Waals surface area contributed by atoms with Gasteiger partial charge >= 0.3 is 0 Å². The van der Waals surface area contributed by atoms with Crippen LogP contribution < -0.4 is 4.90 Å². The van der Waals surface area contributed by atoms with E-state index in [1.165, 1.54) is 5.56 Å². The average Bonchev–Trinajstić information content (AvgIpc) is 3.26. The van der Waals surface area contributed by atoms with Gasteiger partial charge in [-0.25, -0.2) is 0 Å². The van der Waals surface area contributed by atoms with Gasteiger partial charge in [0.15, 0.2) is 11.4 Å². The quantitative estimate of drug-likeness (QED) is 0.571. The molecule has 1 aliphatic rings. The fourth-order valence-electron chi connectivity index (χ4n) is 4.13. The first-order valence-corrected chi connectivity index (χ1v) is 10.5. The van der Waals surface area contributed by atoms with E-state index in [1.54, 1.807) is 36.1 Å². The van der Waals surface area contributed by atoms with Crippen LogP contribution in [-0.2, 0) is 16.9 Å². The largest absolute Gasteiger partial charge is 0.458 e. The summed E-state index contributed by atoms with van der Waals surface area (Å²) in [4.78, 5) is 27.9. The van der Waals surface area contributed by atoms with Crippen LogP contribution in [0.15, 0.2) is 59.0 Å². The number of Topliss-reactive ketones (excluding diaryl/α,β-unsaturated/α-hetero) is 1. The fraction of sp³-hybridized carbons (Fsp3) is 0.308. The lowest BCUT2D eigenvalue weighted by Crippen LogP contribution is -2.41. The van der Waals surface area contributed by atoms with Gasteiger partial charge in [0.05, 0.1) is 18.7 Å². The van der Waals surface area contributed by atoms with E-state index >= 15 is 0 Å². The van der Waals surface area contributed by atoms with Gasteiger partial charge in [-0.15, -0.1) is 0 Å². The maximum atomic E-state index is 13.5. The first kappa shape index (κ1) is 21.1. The highest BCUT2D eigenvalue weighted by molar-refractivity contribution is 6.10. The SMILES string of the molecule is Cc1ccc(C(=O)CC2(O)C(=O)N(Cc3cc(C(C)C)ccc3C)c3ccccc32)o1. The first-order valence-electron chi connectivity index (χ1n) is 10.5. The van der Waals surface area contributed by atoms with Crippen molar-refractivity contribution in [2.45, 2.75) is 52.2 Å². The number of amides is 1. The van der Waals surface area contributed by atoms with E-state index < -0.39 is 17.3 Å². The Kier molecular flexibility index (Phi) is 5.31. The Bertz CT molecular complexity index is 1160. The molecule has 1 aromatic heterocycles. The van der Waals surface area contributed by atoms with Crippen molar-refractivity contribution in [3.8, 4) is 0 Å². The van der Waals surface area contributed by atoms with Crippen molar-refractivity contribution in [1.82, 2.24) is 0 Å². The van der Waals surface area contributed by atoms with Crippen molar-refractivity contribution in [2.75, 3.05) is 4.90 Å². The molecule has 0 spiro atoms. The molecule has 160 valence electrons. The minimum Gasteiger partial charge on any atom is -0.458 e. The Morgan fingerprint density at radius 2 is 1.84 bits per heavy atom. The molecule has 0 saturated carbocycles. The van der Waals surface area contributed by atoms with Gasteiger partial charge in [-0.3, -0.25) is 9.59 Å². The Morgan fingerprint density at radius 3 is 2.52 bits per heavy atom. The maximum absolute atomic E-state index is 13.5. The Labute approximate surface area is 182 Å². The summed E-state index contributed by atoms with van der Waals surface area (Å²) in [5, 5.41) is 11.5. The van der Waals surface area contributed by atoms with E-state index in [0.717, 1.165) is 11.1 Å². The molecule has 3 aromatic rings. The summed E-state index contributed by atoms with van der Waals surface area (Å²) in [7, 11) is 0. The zero-order valence-electron chi connectivity index (χ0n) is 18.3. The first-order chi connectivity index (χ1) is 14.7. The molecule has 4 rings (SSSR count). The number of ketones is 1. The van der Waals surface area contributed by atoms with E-state index in [4.69, 9.17) is 4.42 Å². The molecule has 5 heteroatoms. The Morgan fingerprint density at radius 1 is 1.10 bits per heavy atom. The van der Waals surface area contributed by atoms with Crippen molar-refractivity contribution in [1.29, 1.82) is 0 Å². The van der Waals surface area contributed by atoms with Crippen molar-refractivity contribution in [3.63, 3.8) is 0 Å². The number of nitrogens with zero attached hydrogens (tertiary/aromatic N) is 1. The summed E-state index contributed by atoms with van der Waals surface area (Å²) < 4.78 is 5.41. The minimum absolute atomic E-state index is 0.148. The Hall–Kier alpha value is -3.18. The number of rotatable bonds is 6. The van der Waals surface area contributed by atoms with Crippen LogP contribution in [0.5, 0.6) is 0 Å². The number of carbonyl (C=O) groups excluding carboxylic acids is 2. The van der Waals surface area contributed by atoms with Crippen molar-refractivity contribution in [2.24, 2.45) is 0 Å². The number of aryl methyl sites for hydroxylation is 2. The lowest BCUT2D eigenvalue weighted by atomic mass is 9.89. The van der Waals surface area contributed by atoms with Gasteiger partial charge in [-0.2, -0.15) is 0 Å². The molecular formula is C26H27NO4. The van der Waals surface area contributed by atoms with Crippen LogP contribution >= 0.6 is 0 Å². The number of hydrogen-bond donors (Lipinski definition) is 1. The molecule has 31 heavy (non-hydrogen) atoms. The third-order valence-electron chi connectivity index (χ3n) is 6.04. The molecule has 5 nitrogen and oxygen atoms in total. The zero-order valence-corrected chi connectivity index (χ0v) is 18.3. The van der Waals surface area contributed by atoms with E-state index in [9.17, 15) is 14.7 Å². The minimum atomic E-state index is -1.92. The van der Waals surface area contributed by atoms with Crippen LogP contribution in [0, 0.1) is 13.8 Å². The highest BCUT2D eigenvalue weighted by Crippen LogP contribution is 2.43. The zero-order chi connectivity index (χ0) is 22.3. The predicted octanol–water partition coefficient (Wildman–Crippen LogP) is 5.03. The summed E-state index contributed by atoms with van der Waals surface area (Å²) >= 11 is 0. The summed E-state index contributed by atoms with van der Waals surface area (Å²) in [5.41, 5.74) is 2.46. The topological polar surface area (TPSA) is 70.8 Å². The van der Waals surface area contributed by atoms with E-state index in [2.05, 4.69) is 32.0 Å². The van der Waals surface area contributed by atoms with Crippen LogP contribution in [0.25, 0.3) is 0 Å². The third-order valence-corrected chi connectivity index (χ3v) is 6.04. The number of carbonyl (C=O) groups is 2. The highest BCUT2D eigenvalue weighted by Gasteiger charge is 2.51. The van der Waals surface area contributed by atoms with Crippen molar-refractivity contribution < 1.29 is 19.1 Å². The standard InChI is InChI=1S/C26H27NO4/c1-16(2)19-11-9-17(3)20(13-19)15-27-22-8-6-5-7-21(22)26(30,25(27)29)14-23(28)24-12-10-18(4)31-24/h5-13,16,30H,14-15H2,1-4H3. The molecule has 1 aliphatic heterocycles. The molecule has 1 N–H and O–H groups in total. The normalized spacial score (nSPS) is 18.0. The van der Waals surface area contributed by atoms with Crippen molar-refractivity contribution >= 4 is 17.4 Å². The second-order valence-corrected chi connectivity index (χ2v) is 8.62. The molecule has 1 amide bonds. The van der Waals surface area contributed by atoms with Crippen LogP contribution in [0.4, 0.5) is 5.69 Å². The number of fused-ring (bicyclic) bond motifs is 1. The summed E-state index contributed by atoms with van der Waals surface area (Å²) in [6.45, 7) is 8.35. The molecule has 1 atom stereocenters. The number of benzene rings is 2. The highest BCUT2D eigenvalue weighted by atomic mass is 16.3.